The second-order valence-electron chi connectivity index (χ2n) is 11.9. The number of allylic oxidation sites excluding steroid dienone is 4. The molecule has 0 saturated heterocycles. The van der Waals surface area contributed by atoms with E-state index in [1.807, 2.05) is 6.08 Å². The van der Waals surface area contributed by atoms with Crippen LogP contribution >= 0.6 is 0 Å². The Morgan fingerprint density at radius 2 is 1.94 bits per heavy atom. The fourth-order valence-corrected chi connectivity index (χ4v) is 8.12. The molecular weight excluding hydrogens is 434 g/mol. The van der Waals surface area contributed by atoms with Crippen LogP contribution in [0, 0.1) is 17.3 Å². The Hall–Kier alpha value is -2.17. The van der Waals surface area contributed by atoms with Gasteiger partial charge in [0, 0.05) is 24.3 Å². The lowest BCUT2D eigenvalue weighted by atomic mass is 9.51. The number of rotatable bonds is 5. The van der Waals surface area contributed by atoms with Crippen molar-refractivity contribution in [1.82, 2.24) is 4.90 Å². The minimum absolute atomic E-state index is 0.111. The van der Waals surface area contributed by atoms with Crippen LogP contribution in [0.2, 0.25) is 0 Å². The number of benzene rings is 1. The molecule has 0 radical (unpaired) electrons. The van der Waals surface area contributed by atoms with E-state index in [0.29, 0.717) is 36.6 Å². The number of ether oxygens (including phenoxy) is 2. The number of carbonyl (C=O) groups excluding carboxylic acids is 1. The molecule has 4 nitrogen and oxygen atoms in total. The van der Waals surface area contributed by atoms with Gasteiger partial charge in [0.25, 0.3) is 0 Å². The van der Waals surface area contributed by atoms with E-state index < -0.39 is 0 Å². The van der Waals surface area contributed by atoms with E-state index in [4.69, 9.17) is 9.47 Å². The zero-order valence-corrected chi connectivity index (χ0v) is 21.5. The predicted molar refractivity (Wildman–Crippen MR) is 139 cm³/mol. The van der Waals surface area contributed by atoms with Gasteiger partial charge in [0.2, 0.25) is 0 Å². The van der Waals surface area contributed by atoms with Gasteiger partial charge in [-0.3, -0.25) is 4.79 Å². The van der Waals surface area contributed by atoms with Crippen molar-refractivity contribution in [1.29, 1.82) is 0 Å². The molecular formula is C31H39NO3. The zero-order chi connectivity index (χ0) is 24.2. The molecule has 1 aromatic carbocycles. The molecule has 1 aromatic rings. The molecule has 0 N–H and O–H groups in total. The highest BCUT2D eigenvalue weighted by Gasteiger charge is 2.63. The summed E-state index contributed by atoms with van der Waals surface area (Å²) in [5.41, 5.74) is 5.90. The van der Waals surface area contributed by atoms with Gasteiger partial charge in [0.05, 0.1) is 12.2 Å². The average molecular weight is 474 g/mol. The molecule has 1 heterocycles. The molecule has 2 saturated carbocycles. The highest BCUT2D eigenvalue weighted by Crippen LogP contribution is 2.68. The number of likely N-dealkylation sites (N-methyl/N-ethyl adjacent to an activating group) is 1. The Labute approximate surface area is 210 Å². The quantitative estimate of drug-likeness (QED) is 0.503. The average Bonchev–Trinajstić information content (AvgIpc) is 3.44. The van der Waals surface area contributed by atoms with Gasteiger partial charge in [-0.05, 0) is 99.4 Å². The largest absolute Gasteiger partial charge is 0.492 e. The number of nitrogens with zero attached hydrogens (tertiary/aromatic N) is 1. The SMILES string of the molecule is CN(C)CCOc1ccc([C@H]2C[C@@]3(C)[C@@H](CCC34C=CCO4)[C@@H]3CCC4=CC(=O)CCC4=C32)cc1. The molecule has 6 rings (SSSR count). The summed E-state index contributed by atoms with van der Waals surface area (Å²) in [6.07, 6.45) is 13.9. The molecule has 1 aliphatic heterocycles. The number of hydrogen-bond acceptors (Lipinski definition) is 4. The van der Waals surface area contributed by atoms with Crippen LogP contribution in [0.5, 0.6) is 5.75 Å². The lowest BCUT2D eigenvalue weighted by Gasteiger charge is -2.54. The predicted octanol–water partition coefficient (Wildman–Crippen LogP) is 5.85. The van der Waals surface area contributed by atoms with E-state index in [1.54, 1.807) is 5.57 Å². The number of carbonyl (C=O) groups is 1. The van der Waals surface area contributed by atoms with Crippen LogP contribution in [-0.4, -0.2) is 50.1 Å². The van der Waals surface area contributed by atoms with Crippen molar-refractivity contribution >= 4 is 5.78 Å². The number of hydrogen-bond donors (Lipinski definition) is 0. The van der Waals surface area contributed by atoms with Crippen molar-refractivity contribution in [2.75, 3.05) is 33.9 Å². The van der Waals surface area contributed by atoms with Gasteiger partial charge in [-0.15, -0.1) is 0 Å². The third-order valence-electron chi connectivity index (χ3n) is 9.83. The first-order valence-corrected chi connectivity index (χ1v) is 13.6. The molecule has 1 spiro atoms. The topological polar surface area (TPSA) is 38.8 Å². The Morgan fingerprint density at radius 1 is 1.11 bits per heavy atom. The molecule has 0 aromatic heterocycles. The van der Waals surface area contributed by atoms with Crippen molar-refractivity contribution in [3.8, 4) is 5.75 Å². The molecule has 5 atom stereocenters. The Kier molecular flexibility index (Phi) is 5.80. The van der Waals surface area contributed by atoms with Gasteiger partial charge in [0.15, 0.2) is 5.78 Å². The fraction of sp³-hybridized carbons (Fsp3) is 0.581. The zero-order valence-electron chi connectivity index (χ0n) is 21.5. The summed E-state index contributed by atoms with van der Waals surface area (Å²) in [5.74, 6) is 2.86. The van der Waals surface area contributed by atoms with Gasteiger partial charge in [-0.25, -0.2) is 0 Å². The van der Waals surface area contributed by atoms with Crippen LogP contribution in [0.15, 0.2) is 59.2 Å². The van der Waals surface area contributed by atoms with Crippen LogP contribution in [0.4, 0.5) is 0 Å². The minimum atomic E-state index is -0.111. The third-order valence-corrected chi connectivity index (χ3v) is 9.83. The summed E-state index contributed by atoms with van der Waals surface area (Å²) in [4.78, 5) is 14.4. The summed E-state index contributed by atoms with van der Waals surface area (Å²) >= 11 is 0. The molecule has 2 fully saturated rings. The third kappa shape index (κ3) is 3.76. The van der Waals surface area contributed by atoms with E-state index in [0.717, 1.165) is 44.6 Å². The maximum absolute atomic E-state index is 12.3. The smallest absolute Gasteiger partial charge is 0.156 e. The maximum atomic E-state index is 12.3. The summed E-state index contributed by atoms with van der Waals surface area (Å²) in [6, 6.07) is 8.89. The van der Waals surface area contributed by atoms with Crippen LogP contribution in [0.3, 0.4) is 0 Å². The first-order valence-electron chi connectivity index (χ1n) is 13.6. The van der Waals surface area contributed by atoms with E-state index >= 15 is 0 Å². The Balaban J connectivity index is 1.39. The first kappa shape index (κ1) is 23.2. The van der Waals surface area contributed by atoms with E-state index in [-0.39, 0.29) is 11.0 Å². The van der Waals surface area contributed by atoms with Gasteiger partial charge in [-0.1, -0.05) is 36.8 Å². The summed E-state index contributed by atoms with van der Waals surface area (Å²) in [7, 11) is 4.14. The van der Waals surface area contributed by atoms with E-state index in [2.05, 4.69) is 62.3 Å². The molecule has 0 amide bonds. The Bertz CT molecular complexity index is 1100. The summed E-state index contributed by atoms with van der Waals surface area (Å²) in [6.45, 7) is 4.87. The number of fused-ring (bicyclic) bond motifs is 5. The lowest BCUT2D eigenvalue weighted by Crippen LogP contribution is -2.51. The van der Waals surface area contributed by atoms with Crippen molar-refractivity contribution in [3.05, 3.63) is 64.8 Å². The van der Waals surface area contributed by atoms with Crippen LogP contribution in [0.1, 0.15) is 63.4 Å². The first-order chi connectivity index (χ1) is 16.9. The normalized spacial score (nSPS) is 35.8. The standard InChI is InChI=1S/C31H39NO3/c1-30-20-27(21-5-9-24(10-6-21)34-18-16-32(2)3)29-25-12-8-23(33)19-22(25)7-11-26(29)28(30)13-15-31(30)14-4-17-35-31/h4-6,9-10,14,19,26-28H,7-8,11-13,15-18,20H2,1-3H3/t26-,27+,28-,30-,31?/m0/s1. The second-order valence-corrected chi connectivity index (χ2v) is 11.9. The fourth-order valence-electron chi connectivity index (χ4n) is 8.12. The highest BCUT2D eigenvalue weighted by molar-refractivity contribution is 5.93. The van der Waals surface area contributed by atoms with Crippen LogP contribution < -0.4 is 4.74 Å². The van der Waals surface area contributed by atoms with Gasteiger partial charge < -0.3 is 14.4 Å². The molecule has 186 valence electrons. The number of ketones is 1. The highest BCUT2D eigenvalue weighted by atomic mass is 16.5. The van der Waals surface area contributed by atoms with Crippen LogP contribution in [-0.2, 0) is 9.53 Å². The monoisotopic (exact) mass is 473 g/mol. The van der Waals surface area contributed by atoms with Crippen molar-refractivity contribution in [3.63, 3.8) is 0 Å². The molecule has 4 heteroatoms. The van der Waals surface area contributed by atoms with Crippen molar-refractivity contribution in [2.45, 2.75) is 63.4 Å². The van der Waals surface area contributed by atoms with Crippen LogP contribution in [0.25, 0.3) is 0 Å². The molecule has 4 aliphatic carbocycles. The van der Waals surface area contributed by atoms with E-state index in [1.165, 1.54) is 29.6 Å². The van der Waals surface area contributed by atoms with E-state index in [9.17, 15) is 4.79 Å². The van der Waals surface area contributed by atoms with Gasteiger partial charge in [0.1, 0.15) is 12.4 Å². The Morgan fingerprint density at radius 3 is 2.69 bits per heavy atom. The molecule has 5 aliphatic rings. The molecule has 1 unspecified atom stereocenters. The van der Waals surface area contributed by atoms with Crippen molar-refractivity contribution in [2.24, 2.45) is 17.3 Å². The summed E-state index contributed by atoms with van der Waals surface area (Å²) in [5, 5.41) is 0. The summed E-state index contributed by atoms with van der Waals surface area (Å²) < 4.78 is 12.5. The van der Waals surface area contributed by atoms with Gasteiger partial charge in [-0.2, -0.15) is 0 Å². The second kappa shape index (κ2) is 8.74. The maximum Gasteiger partial charge on any atom is 0.156 e. The van der Waals surface area contributed by atoms with Gasteiger partial charge >= 0.3 is 0 Å². The lowest BCUT2D eigenvalue weighted by molar-refractivity contribution is -0.114. The minimum Gasteiger partial charge on any atom is -0.492 e. The molecule has 0 bridgehead atoms. The molecule has 35 heavy (non-hydrogen) atoms. The van der Waals surface area contributed by atoms with Crippen molar-refractivity contribution < 1.29 is 14.3 Å².